The summed E-state index contributed by atoms with van der Waals surface area (Å²) in [5.74, 6) is 3.15. The minimum absolute atomic E-state index is 0.314. The molecule has 0 bridgehead atoms. The Morgan fingerprint density at radius 2 is 0.594 bits per heavy atom. The Morgan fingerprint density at radius 1 is 0.362 bits per heavy atom. The molecule has 0 aromatic heterocycles. The van der Waals surface area contributed by atoms with Crippen molar-refractivity contribution in [3.05, 3.63) is 59.3 Å². The van der Waals surface area contributed by atoms with Crippen molar-refractivity contribution >= 4 is 0 Å². The number of rotatable bonds is 49. The first-order valence-corrected chi connectivity index (χ1v) is 29.1. The number of hydrogen-bond donors (Lipinski definition) is 0. The summed E-state index contributed by atoms with van der Waals surface area (Å²) >= 11 is 0. The minimum atomic E-state index is 0.314. The Hall–Kier alpha value is -3.84. The number of nitrogens with zero attached hydrogens (tertiary/aromatic N) is 3. The lowest BCUT2D eigenvalue weighted by Crippen LogP contribution is -2.22. The van der Waals surface area contributed by atoms with E-state index in [1.807, 2.05) is 17.0 Å². The average molecular weight is 955 g/mol. The van der Waals surface area contributed by atoms with Crippen molar-refractivity contribution in [2.75, 3.05) is 26.4 Å². The van der Waals surface area contributed by atoms with Crippen molar-refractivity contribution in [1.29, 1.82) is 10.5 Å². The molecule has 0 saturated carbocycles. The molecule has 0 saturated heterocycles. The van der Waals surface area contributed by atoms with Gasteiger partial charge in [-0.25, -0.2) is 0 Å². The molecule has 0 radical (unpaired) electrons. The molecule has 0 unspecified atom stereocenters. The van der Waals surface area contributed by atoms with E-state index < -0.39 is 0 Å². The molecular formula is C62H103N3O4. The average Bonchev–Trinajstić information content (AvgIpc) is 3.35. The van der Waals surface area contributed by atoms with Crippen LogP contribution >= 0.6 is 0 Å². The zero-order valence-electron chi connectivity index (χ0n) is 45.2. The van der Waals surface area contributed by atoms with Crippen LogP contribution in [0.3, 0.4) is 0 Å². The van der Waals surface area contributed by atoms with Gasteiger partial charge in [0, 0.05) is 25.2 Å². The van der Waals surface area contributed by atoms with Gasteiger partial charge >= 0.3 is 0 Å². The van der Waals surface area contributed by atoms with E-state index in [0.717, 1.165) is 59.8 Å². The quantitative estimate of drug-likeness (QED) is 0.0482. The maximum atomic E-state index is 10.4. The normalized spacial score (nSPS) is 11.4. The molecule has 0 atom stereocenters. The Bertz CT molecular complexity index is 1430. The van der Waals surface area contributed by atoms with Gasteiger partial charge < -0.3 is 23.8 Å². The third-order valence-corrected chi connectivity index (χ3v) is 13.3. The summed E-state index contributed by atoms with van der Waals surface area (Å²) in [6.45, 7) is 12.5. The number of allylic oxidation sites excluding steroid dienone is 2. The van der Waals surface area contributed by atoms with Gasteiger partial charge in [-0.15, -0.1) is 0 Å². The lowest BCUT2D eigenvalue weighted by molar-refractivity contribution is 0.285. The first kappa shape index (κ1) is 61.3. The van der Waals surface area contributed by atoms with Crippen LogP contribution in [-0.4, -0.2) is 31.3 Å². The predicted molar refractivity (Wildman–Crippen MR) is 292 cm³/mol. The molecule has 0 heterocycles. The van der Waals surface area contributed by atoms with Crippen molar-refractivity contribution < 1.29 is 18.9 Å². The van der Waals surface area contributed by atoms with Crippen LogP contribution in [0.4, 0.5) is 0 Å². The van der Waals surface area contributed by atoms with Gasteiger partial charge in [-0.05, 0) is 61.1 Å². The zero-order chi connectivity index (χ0) is 49.5. The second-order valence-electron chi connectivity index (χ2n) is 20.0. The fraction of sp³-hybridized carbons (Fsp3) is 0.742. The summed E-state index contributed by atoms with van der Waals surface area (Å²) in [7, 11) is 0. The number of nitriles is 2. The molecule has 0 aliphatic rings. The Morgan fingerprint density at radius 3 is 0.812 bits per heavy atom. The van der Waals surface area contributed by atoms with E-state index in [2.05, 4.69) is 64.1 Å². The van der Waals surface area contributed by atoms with Crippen molar-refractivity contribution in [2.24, 2.45) is 0 Å². The number of benzene rings is 2. The van der Waals surface area contributed by atoms with Crippen LogP contribution in [0.5, 0.6) is 23.0 Å². The highest BCUT2D eigenvalue weighted by molar-refractivity contribution is 5.41. The second-order valence-corrected chi connectivity index (χ2v) is 20.0. The van der Waals surface area contributed by atoms with Gasteiger partial charge in [0.2, 0.25) is 0 Å². The van der Waals surface area contributed by atoms with E-state index in [0.29, 0.717) is 45.2 Å². The van der Waals surface area contributed by atoms with Gasteiger partial charge in [0.25, 0.3) is 0 Å². The van der Waals surface area contributed by atoms with Gasteiger partial charge in [-0.2, -0.15) is 10.5 Å². The third kappa shape index (κ3) is 34.2. The van der Waals surface area contributed by atoms with E-state index in [4.69, 9.17) is 18.9 Å². The molecule has 2 aromatic carbocycles. The molecule has 0 fully saturated rings. The van der Waals surface area contributed by atoms with Crippen LogP contribution in [0.15, 0.2) is 48.2 Å². The molecule has 0 aliphatic heterocycles. The second kappa shape index (κ2) is 45.3. The summed E-state index contributed by atoms with van der Waals surface area (Å²) in [4.78, 5) is 1.98. The van der Waals surface area contributed by atoms with Crippen molar-refractivity contribution in [2.45, 2.75) is 272 Å². The maximum Gasteiger partial charge on any atom is 0.127 e. The molecule has 390 valence electrons. The molecule has 0 amide bonds. The Labute approximate surface area is 425 Å². The fourth-order valence-electron chi connectivity index (χ4n) is 9.11. The first-order chi connectivity index (χ1) is 34.1. The highest BCUT2D eigenvalue weighted by Gasteiger charge is 2.16. The van der Waals surface area contributed by atoms with E-state index >= 15 is 0 Å². The molecule has 0 spiro atoms. The summed E-state index contributed by atoms with van der Waals surface area (Å²) in [6.07, 6.45) is 46.9. The number of ether oxygens (including phenoxy) is 4. The molecule has 2 aromatic rings. The van der Waals surface area contributed by atoms with Crippen molar-refractivity contribution in [3.8, 4) is 35.1 Å². The molecule has 7 nitrogen and oxygen atoms in total. The molecule has 69 heavy (non-hydrogen) atoms. The standard InChI is InChI=1S/C62H103N3O4/c1-5-9-13-17-21-25-29-33-37-43-66-59-47-56(48-60(51-59)67-44-38-34-30-26-22-18-14-10-6-2)54-65(58(53-64)41-42-63)55-57-49-61(68-45-39-35-31-27-23-19-15-11-7-3)52-62(50-57)69-46-40-36-32-28-24-20-16-12-8-4/h41,47-52H,5-40,43-46,54-55H2,1-4H3/b58-41+. The van der Waals surface area contributed by atoms with Crippen molar-refractivity contribution in [1.82, 2.24) is 4.90 Å². The summed E-state index contributed by atoms with van der Waals surface area (Å²) in [5, 5.41) is 20.3. The van der Waals surface area contributed by atoms with Gasteiger partial charge in [0.05, 0.1) is 38.6 Å². The maximum absolute atomic E-state index is 10.4. The molecule has 0 N–H and O–H groups in total. The van der Waals surface area contributed by atoms with Gasteiger partial charge in [-0.3, -0.25) is 0 Å². The van der Waals surface area contributed by atoms with Gasteiger partial charge in [-0.1, -0.05) is 233 Å². The van der Waals surface area contributed by atoms with E-state index in [9.17, 15) is 10.5 Å². The molecule has 0 aliphatic carbocycles. The number of unbranched alkanes of at least 4 members (excludes halogenated alkanes) is 32. The number of hydrogen-bond acceptors (Lipinski definition) is 7. The zero-order valence-corrected chi connectivity index (χ0v) is 45.2. The Balaban J connectivity index is 2.22. The van der Waals surface area contributed by atoms with E-state index in [-0.39, 0.29) is 0 Å². The Kier molecular flexibility index (Phi) is 40.2. The highest BCUT2D eigenvalue weighted by atomic mass is 16.5. The summed E-state index contributed by atoms with van der Waals surface area (Å²) in [5.41, 5.74) is 2.26. The minimum Gasteiger partial charge on any atom is -0.493 e. The molecular weight excluding hydrogens is 851 g/mol. The third-order valence-electron chi connectivity index (χ3n) is 13.3. The topological polar surface area (TPSA) is 87.7 Å². The molecule has 7 heteroatoms. The van der Waals surface area contributed by atoms with Crippen LogP contribution < -0.4 is 18.9 Å². The predicted octanol–water partition coefficient (Wildman–Crippen LogP) is 19.3. The van der Waals surface area contributed by atoms with E-state index in [1.54, 1.807) is 0 Å². The van der Waals surface area contributed by atoms with Gasteiger partial charge in [0.15, 0.2) is 0 Å². The van der Waals surface area contributed by atoms with Crippen LogP contribution in [0.1, 0.15) is 270 Å². The summed E-state index contributed by atoms with van der Waals surface area (Å²) < 4.78 is 25.7. The smallest absolute Gasteiger partial charge is 0.127 e. The SMILES string of the molecule is CCCCCCCCCCCOc1cc(CN(Cc2cc(OCCCCCCCCCCC)cc(OCCCCCCCCCCC)c2)/C(C#N)=C/C#N)cc(OCCCCCCCCCCC)c1. The van der Waals surface area contributed by atoms with Crippen LogP contribution in [0.25, 0.3) is 0 Å². The lowest BCUT2D eigenvalue weighted by atomic mass is 10.1. The lowest BCUT2D eigenvalue weighted by Gasteiger charge is -2.25. The van der Waals surface area contributed by atoms with Crippen LogP contribution in [-0.2, 0) is 13.1 Å². The van der Waals surface area contributed by atoms with Crippen LogP contribution in [0.2, 0.25) is 0 Å². The monoisotopic (exact) mass is 954 g/mol. The van der Waals surface area contributed by atoms with Crippen molar-refractivity contribution in [3.63, 3.8) is 0 Å². The van der Waals surface area contributed by atoms with E-state index in [1.165, 1.54) is 212 Å². The summed E-state index contributed by atoms with van der Waals surface area (Å²) in [6, 6.07) is 16.8. The largest absolute Gasteiger partial charge is 0.493 e. The fourth-order valence-corrected chi connectivity index (χ4v) is 9.11. The van der Waals surface area contributed by atoms with Crippen LogP contribution in [0, 0.1) is 22.7 Å². The van der Waals surface area contributed by atoms with Gasteiger partial charge in [0.1, 0.15) is 34.8 Å². The molecule has 2 rings (SSSR count). The highest BCUT2D eigenvalue weighted by Crippen LogP contribution is 2.29. The first-order valence-electron chi connectivity index (χ1n) is 29.1.